The normalized spacial score (nSPS) is 10.6. The molecule has 0 radical (unpaired) electrons. The van der Waals surface area contributed by atoms with Gasteiger partial charge in [0.15, 0.2) is 0 Å². The van der Waals surface area contributed by atoms with Crippen LogP contribution in [0.4, 0.5) is 0 Å². The molecule has 4 nitrogen and oxygen atoms in total. The zero-order chi connectivity index (χ0) is 13.8. The number of hydrogen-bond acceptors (Lipinski definition) is 3. The molecule has 3 aromatic rings. The molecule has 20 heavy (non-hydrogen) atoms. The third kappa shape index (κ3) is 2.28. The van der Waals surface area contributed by atoms with Gasteiger partial charge in [-0.1, -0.05) is 42.5 Å². The van der Waals surface area contributed by atoms with Gasteiger partial charge in [0.25, 0.3) is 6.47 Å². The van der Waals surface area contributed by atoms with Crippen molar-refractivity contribution in [2.75, 3.05) is 6.61 Å². The van der Waals surface area contributed by atoms with Crippen molar-refractivity contribution in [3.8, 4) is 11.4 Å². The van der Waals surface area contributed by atoms with Crippen LogP contribution in [0.25, 0.3) is 22.4 Å². The smallest absolute Gasteiger partial charge is 0.293 e. The maximum atomic E-state index is 10.3. The number of imidazole rings is 1. The third-order valence-electron chi connectivity index (χ3n) is 3.19. The number of carbonyl (C=O) groups is 1. The summed E-state index contributed by atoms with van der Waals surface area (Å²) in [7, 11) is 0. The van der Waals surface area contributed by atoms with Crippen molar-refractivity contribution in [1.82, 2.24) is 9.55 Å². The molecule has 2 aromatic carbocycles. The van der Waals surface area contributed by atoms with E-state index in [9.17, 15) is 4.79 Å². The largest absolute Gasteiger partial charge is 0.466 e. The molecule has 1 heterocycles. The average molecular weight is 266 g/mol. The molecule has 1 aromatic heterocycles. The van der Waals surface area contributed by atoms with E-state index >= 15 is 0 Å². The van der Waals surface area contributed by atoms with Crippen molar-refractivity contribution in [3.63, 3.8) is 0 Å². The standard InChI is InChI=1S/C16H14N2O2/c19-12-20-11-10-18-15-9-5-4-8-14(15)17-16(18)13-6-2-1-3-7-13/h1-9,12H,10-11H2. The van der Waals surface area contributed by atoms with E-state index < -0.39 is 0 Å². The molecule has 0 saturated carbocycles. The van der Waals surface area contributed by atoms with Crippen LogP contribution in [-0.4, -0.2) is 22.6 Å². The Morgan fingerprint density at radius 3 is 2.60 bits per heavy atom. The van der Waals surface area contributed by atoms with Crippen LogP contribution in [0, 0.1) is 0 Å². The van der Waals surface area contributed by atoms with Crippen LogP contribution in [0.3, 0.4) is 0 Å². The number of carbonyl (C=O) groups excluding carboxylic acids is 1. The Morgan fingerprint density at radius 2 is 1.80 bits per heavy atom. The lowest BCUT2D eigenvalue weighted by Gasteiger charge is -2.08. The summed E-state index contributed by atoms with van der Waals surface area (Å²) in [6.45, 7) is 1.40. The van der Waals surface area contributed by atoms with E-state index in [1.54, 1.807) is 0 Å². The quantitative estimate of drug-likeness (QED) is 0.527. The molecule has 3 rings (SSSR count). The summed E-state index contributed by atoms with van der Waals surface area (Å²) in [5, 5.41) is 0. The van der Waals surface area contributed by atoms with Crippen molar-refractivity contribution >= 4 is 17.5 Å². The maximum Gasteiger partial charge on any atom is 0.293 e. The molecule has 4 heteroatoms. The van der Waals surface area contributed by atoms with Gasteiger partial charge in [-0.05, 0) is 12.1 Å². The maximum absolute atomic E-state index is 10.3. The van der Waals surface area contributed by atoms with Gasteiger partial charge in [-0.2, -0.15) is 0 Å². The molecule has 0 unspecified atom stereocenters. The topological polar surface area (TPSA) is 44.1 Å². The van der Waals surface area contributed by atoms with E-state index in [0.29, 0.717) is 19.6 Å². The third-order valence-corrected chi connectivity index (χ3v) is 3.19. The Balaban J connectivity index is 2.10. The average Bonchev–Trinajstić information content (AvgIpc) is 2.87. The van der Waals surface area contributed by atoms with Gasteiger partial charge in [0, 0.05) is 5.56 Å². The number of ether oxygens (including phenoxy) is 1. The van der Waals surface area contributed by atoms with Crippen LogP contribution in [0.1, 0.15) is 0 Å². The predicted molar refractivity (Wildman–Crippen MR) is 77.2 cm³/mol. The number of rotatable bonds is 5. The Labute approximate surface area is 116 Å². The molecule has 0 spiro atoms. The summed E-state index contributed by atoms with van der Waals surface area (Å²) in [5.41, 5.74) is 3.04. The van der Waals surface area contributed by atoms with Crippen molar-refractivity contribution in [2.24, 2.45) is 0 Å². The number of para-hydroxylation sites is 2. The van der Waals surface area contributed by atoms with Gasteiger partial charge in [-0.25, -0.2) is 4.98 Å². The highest BCUT2D eigenvalue weighted by Crippen LogP contribution is 2.24. The molecular formula is C16H14N2O2. The minimum absolute atomic E-state index is 0.337. The van der Waals surface area contributed by atoms with Gasteiger partial charge in [-0.3, -0.25) is 4.79 Å². The summed E-state index contributed by atoms with van der Waals surface area (Å²) in [6, 6.07) is 18.0. The molecule has 0 aliphatic carbocycles. The van der Waals surface area contributed by atoms with Crippen molar-refractivity contribution in [1.29, 1.82) is 0 Å². The second kappa shape index (κ2) is 5.57. The summed E-state index contributed by atoms with van der Waals surface area (Å²) in [5.74, 6) is 0.890. The van der Waals surface area contributed by atoms with Gasteiger partial charge >= 0.3 is 0 Å². The first kappa shape index (κ1) is 12.4. The SMILES string of the molecule is O=COCCn1c(-c2ccccc2)nc2ccccc21. The van der Waals surface area contributed by atoms with Gasteiger partial charge in [0.05, 0.1) is 17.6 Å². The second-order valence-corrected chi connectivity index (χ2v) is 4.41. The van der Waals surface area contributed by atoms with Gasteiger partial charge in [0.1, 0.15) is 12.4 Å². The first-order valence-electron chi connectivity index (χ1n) is 6.46. The number of benzene rings is 2. The van der Waals surface area contributed by atoms with Crippen LogP contribution >= 0.6 is 0 Å². The monoisotopic (exact) mass is 266 g/mol. The lowest BCUT2D eigenvalue weighted by Crippen LogP contribution is -2.06. The van der Waals surface area contributed by atoms with Crippen molar-refractivity contribution in [2.45, 2.75) is 6.54 Å². The predicted octanol–water partition coefficient (Wildman–Crippen LogP) is 2.88. The van der Waals surface area contributed by atoms with Gasteiger partial charge in [0.2, 0.25) is 0 Å². The molecule has 0 bridgehead atoms. The minimum Gasteiger partial charge on any atom is -0.466 e. The van der Waals surface area contributed by atoms with Crippen LogP contribution in [0.15, 0.2) is 54.6 Å². The molecule has 0 atom stereocenters. The van der Waals surface area contributed by atoms with Crippen LogP contribution in [0.2, 0.25) is 0 Å². The highest BCUT2D eigenvalue weighted by atomic mass is 16.5. The van der Waals surface area contributed by atoms with Gasteiger partial charge < -0.3 is 9.30 Å². The summed E-state index contributed by atoms with van der Waals surface area (Å²) < 4.78 is 6.89. The first-order valence-corrected chi connectivity index (χ1v) is 6.46. The summed E-state index contributed by atoms with van der Waals surface area (Å²) in [6.07, 6.45) is 0. The van der Waals surface area contributed by atoms with E-state index in [-0.39, 0.29) is 0 Å². The number of fused-ring (bicyclic) bond motifs is 1. The van der Waals surface area contributed by atoms with E-state index in [1.807, 2.05) is 54.6 Å². The van der Waals surface area contributed by atoms with Gasteiger partial charge in [-0.15, -0.1) is 0 Å². The Morgan fingerprint density at radius 1 is 1.05 bits per heavy atom. The Hall–Kier alpha value is -2.62. The summed E-state index contributed by atoms with van der Waals surface area (Å²) >= 11 is 0. The van der Waals surface area contributed by atoms with E-state index in [1.165, 1.54) is 0 Å². The summed E-state index contributed by atoms with van der Waals surface area (Å²) in [4.78, 5) is 15.0. The van der Waals surface area contributed by atoms with E-state index in [4.69, 9.17) is 4.74 Å². The molecule has 0 aliphatic heterocycles. The number of aromatic nitrogens is 2. The molecular weight excluding hydrogens is 252 g/mol. The highest BCUT2D eigenvalue weighted by molar-refractivity contribution is 5.80. The van der Waals surface area contributed by atoms with E-state index in [2.05, 4.69) is 9.55 Å². The fourth-order valence-corrected chi connectivity index (χ4v) is 2.30. The molecule has 0 saturated heterocycles. The van der Waals surface area contributed by atoms with Crippen LogP contribution in [-0.2, 0) is 16.1 Å². The molecule has 100 valence electrons. The minimum atomic E-state index is 0.337. The molecule has 0 fully saturated rings. The van der Waals surface area contributed by atoms with Crippen molar-refractivity contribution in [3.05, 3.63) is 54.6 Å². The zero-order valence-electron chi connectivity index (χ0n) is 10.9. The Kier molecular flexibility index (Phi) is 3.46. The van der Waals surface area contributed by atoms with E-state index in [0.717, 1.165) is 22.4 Å². The molecule has 0 aliphatic rings. The Bertz CT molecular complexity index is 720. The van der Waals surface area contributed by atoms with Crippen molar-refractivity contribution < 1.29 is 9.53 Å². The van der Waals surface area contributed by atoms with Crippen LogP contribution in [0.5, 0.6) is 0 Å². The zero-order valence-corrected chi connectivity index (χ0v) is 10.9. The molecule has 0 amide bonds. The lowest BCUT2D eigenvalue weighted by molar-refractivity contribution is -0.128. The lowest BCUT2D eigenvalue weighted by atomic mass is 10.2. The fraction of sp³-hybridized carbons (Fsp3) is 0.125. The van der Waals surface area contributed by atoms with Crippen LogP contribution < -0.4 is 0 Å². The fourth-order valence-electron chi connectivity index (χ4n) is 2.30. The second-order valence-electron chi connectivity index (χ2n) is 4.41. The number of hydrogen-bond donors (Lipinski definition) is 0. The number of nitrogens with zero attached hydrogens (tertiary/aromatic N) is 2. The molecule has 0 N–H and O–H groups in total. The highest BCUT2D eigenvalue weighted by Gasteiger charge is 2.11. The first-order chi connectivity index (χ1) is 9.90.